The lowest BCUT2D eigenvalue weighted by Gasteiger charge is -2.03. The number of aromatic nitrogens is 2. The molecule has 2 N–H and O–H groups in total. The number of hydrogen-bond acceptors (Lipinski definition) is 4. The van der Waals surface area contributed by atoms with Crippen molar-refractivity contribution in [2.24, 2.45) is 0 Å². The van der Waals surface area contributed by atoms with Crippen molar-refractivity contribution >= 4 is 27.5 Å². The zero-order valence-electron chi connectivity index (χ0n) is 12.5. The van der Waals surface area contributed by atoms with Gasteiger partial charge in [-0.05, 0) is 30.7 Å². The molecular formula is C16H16FN3O2S. The zero-order chi connectivity index (χ0) is 16.4. The van der Waals surface area contributed by atoms with Gasteiger partial charge in [0.2, 0.25) is 0 Å². The molecule has 3 aromatic rings. The molecule has 7 heteroatoms. The molecule has 0 unspecified atom stereocenters. The molecule has 0 atom stereocenters. The molecule has 0 aliphatic rings. The third-order valence-electron chi connectivity index (χ3n) is 3.47. The summed E-state index contributed by atoms with van der Waals surface area (Å²) < 4.78 is 14.8. The molecule has 1 amide bonds. The second-order valence-electron chi connectivity index (χ2n) is 5.18. The summed E-state index contributed by atoms with van der Waals surface area (Å²) in [5, 5.41) is 16.9. The van der Waals surface area contributed by atoms with Gasteiger partial charge in [-0.15, -0.1) is 11.3 Å². The van der Waals surface area contributed by atoms with Gasteiger partial charge in [0.25, 0.3) is 5.91 Å². The van der Waals surface area contributed by atoms with E-state index in [2.05, 4.69) is 10.4 Å². The first kappa shape index (κ1) is 15.6. The number of nitrogens with zero attached hydrogens (tertiary/aromatic N) is 2. The van der Waals surface area contributed by atoms with Gasteiger partial charge in [0.1, 0.15) is 10.6 Å². The third-order valence-corrected chi connectivity index (χ3v) is 4.62. The van der Waals surface area contributed by atoms with Crippen LogP contribution in [0.5, 0.6) is 0 Å². The van der Waals surface area contributed by atoms with E-state index in [1.807, 2.05) is 17.7 Å². The molecule has 0 bridgehead atoms. The minimum Gasteiger partial charge on any atom is -0.395 e. The van der Waals surface area contributed by atoms with Gasteiger partial charge in [0.05, 0.1) is 23.7 Å². The normalized spacial score (nSPS) is 11.1. The van der Waals surface area contributed by atoms with Crippen molar-refractivity contribution in [1.29, 1.82) is 0 Å². The van der Waals surface area contributed by atoms with E-state index >= 15 is 0 Å². The largest absolute Gasteiger partial charge is 0.395 e. The maximum atomic E-state index is 13.0. The predicted octanol–water partition coefficient (Wildman–Crippen LogP) is 2.32. The van der Waals surface area contributed by atoms with Gasteiger partial charge in [0.15, 0.2) is 0 Å². The van der Waals surface area contributed by atoms with Crippen molar-refractivity contribution in [2.75, 3.05) is 13.2 Å². The molecule has 5 nitrogen and oxygen atoms in total. The van der Waals surface area contributed by atoms with Crippen LogP contribution >= 0.6 is 11.3 Å². The Morgan fingerprint density at radius 2 is 2.13 bits per heavy atom. The maximum absolute atomic E-state index is 13.0. The van der Waals surface area contributed by atoms with E-state index in [4.69, 9.17) is 5.11 Å². The number of benzene rings is 1. The molecule has 23 heavy (non-hydrogen) atoms. The highest BCUT2D eigenvalue weighted by Crippen LogP contribution is 2.28. The summed E-state index contributed by atoms with van der Waals surface area (Å²) in [4.78, 5) is 13.5. The topological polar surface area (TPSA) is 67.2 Å². The SMILES string of the molecule is Cc1nn(Cc2ccc(F)cc2)c2sc(C(=O)NCCO)cc12. The quantitative estimate of drug-likeness (QED) is 0.753. The van der Waals surface area contributed by atoms with Crippen LogP contribution in [-0.4, -0.2) is 33.9 Å². The summed E-state index contributed by atoms with van der Waals surface area (Å²) in [6.45, 7) is 2.55. The van der Waals surface area contributed by atoms with Crippen molar-refractivity contribution in [3.63, 3.8) is 0 Å². The van der Waals surface area contributed by atoms with Crippen LogP contribution in [0, 0.1) is 12.7 Å². The highest BCUT2D eigenvalue weighted by Gasteiger charge is 2.16. The fraction of sp³-hybridized carbons (Fsp3) is 0.250. The van der Waals surface area contributed by atoms with Crippen molar-refractivity contribution in [3.05, 3.63) is 52.3 Å². The average molecular weight is 333 g/mol. The lowest BCUT2D eigenvalue weighted by molar-refractivity contribution is 0.0949. The summed E-state index contributed by atoms with van der Waals surface area (Å²) >= 11 is 1.36. The van der Waals surface area contributed by atoms with Crippen molar-refractivity contribution in [2.45, 2.75) is 13.5 Å². The van der Waals surface area contributed by atoms with Crippen LogP contribution in [0.3, 0.4) is 0 Å². The van der Waals surface area contributed by atoms with Crippen LogP contribution in [0.4, 0.5) is 4.39 Å². The van der Waals surface area contributed by atoms with Crippen molar-refractivity contribution in [1.82, 2.24) is 15.1 Å². The van der Waals surface area contributed by atoms with Crippen LogP contribution < -0.4 is 5.32 Å². The summed E-state index contributed by atoms with van der Waals surface area (Å²) in [6, 6.07) is 8.10. The Balaban J connectivity index is 1.90. The first-order chi connectivity index (χ1) is 11.1. The van der Waals surface area contributed by atoms with Crippen LogP contribution in [0.1, 0.15) is 20.9 Å². The summed E-state index contributed by atoms with van der Waals surface area (Å²) in [5.41, 5.74) is 1.79. The molecule has 0 fully saturated rings. The highest BCUT2D eigenvalue weighted by atomic mass is 32.1. The van der Waals surface area contributed by atoms with Gasteiger partial charge in [0, 0.05) is 11.9 Å². The Bertz CT molecular complexity index is 839. The molecule has 0 spiro atoms. The molecule has 1 aromatic carbocycles. The van der Waals surface area contributed by atoms with E-state index in [0.717, 1.165) is 21.5 Å². The van der Waals surface area contributed by atoms with Crippen LogP contribution in [0.25, 0.3) is 10.2 Å². The highest BCUT2D eigenvalue weighted by molar-refractivity contribution is 7.20. The summed E-state index contributed by atoms with van der Waals surface area (Å²) in [6.07, 6.45) is 0. The van der Waals surface area contributed by atoms with Gasteiger partial charge in [-0.1, -0.05) is 12.1 Å². The minimum absolute atomic E-state index is 0.0893. The molecule has 120 valence electrons. The molecule has 0 saturated carbocycles. The van der Waals surface area contributed by atoms with E-state index in [1.54, 1.807) is 12.1 Å². The number of aliphatic hydroxyl groups is 1. The van der Waals surface area contributed by atoms with E-state index in [1.165, 1.54) is 23.5 Å². The summed E-state index contributed by atoms with van der Waals surface area (Å²) in [7, 11) is 0. The molecule has 0 saturated heterocycles. The predicted molar refractivity (Wildman–Crippen MR) is 87.3 cm³/mol. The monoisotopic (exact) mass is 333 g/mol. The number of hydrogen-bond donors (Lipinski definition) is 2. The smallest absolute Gasteiger partial charge is 0.261 e. The van der Waals surface area contributed by atoms with Gasteiger partial charge >= 0.3 is 0 Å². The zero-order valence-corrected chi connectivity index (χ0v) is 13.4. The number of rotatable bonds is 5. The van der Waals surface area contributed by atoms with Crippen LogP contribution in [0.2, 0.25) is 0 Å². The van der Waals surface area contributed by atoms with E-state index in [0.29, 0.717) is 11.4 Å². The lowest BCUT2D eigenvalue weighted by atomic mass is 10.2. The number of thiophene rings is 1. The molecule has 0 aliphatic carbocycles. The lowest BCUT2D eigenvalue weighted by Crippen LogP contribution is -2.25. The Hall–Kier alpha value is -2.25. The Kier molecular flexibility index (Phi) is 4.40. The summed E-state index contributed by atoms with van der Waals surface area (Å²) in [5.74, 6) is -0.470. The number of nitrogens with one attached hydrogen (secondary N) is 1. The third kappa shape index (κ3) is 3.25. The standard InChI is InChI=1S/C16H16FN3O2S/c1-10-13-8-14(15(22)18-6-7-21)23-16(13)20(19-10)9-11-2-4-12(17)5-3-11/h2-5,8,21H,6-7,9H2,1H3,(H,18,22). The Labute approximate surface area is 136 Å². The Morgan fingerprint density at radius 3 is 2.83 bits per heavy atom. The van der Waals surface area contributed by atoms with E-state index < -0.39 is 0 Å². The number of halogens is 1. The molecule has 0 aliphatic heterocycles. The number of aryl methyl sites for hydroxylation is 1. The molecule has 0 radical (unpaired) electrons. The molecule has 2 heterocycles. The first-order valence-electron chi connectivity index (χ1n) is 7.19. The fourth-order valence-electron chi connectivity index (χ4n) is 2.35. The van der Waals surface area contributed by atoms with Crippen molar-refractivity contribution in [3.8, 4) is 0 Å². The van der Waals surface area contributed by atoms with Crippen molar-refractivity contribution < 1.29 is 14.3 Å². The van der Waals surface area contributed by atoms with Gasteiger partial charge < -0.3 is 10.4 Å². The first-order valence-corrected chi connectivity index (χ1v) is 8.00. The second-order valence-corrected chi connectivity index (χ2v) is 6.21. The van der Waals surface area contributed by atoms with E-state index in [9.17, 15) is 9.18 Å². The average Bonchev–Trinajstić information content (AvgIpc) is 3.09. The van der Waals surface area contributed by atoms with E-state index in [-0.39, 0.29) is 24.9 Å². The number of aliphatic hydroxyl groups excluding tert-OH is 1. The molecular weight excluding hydrogens is 317 g/mol. The number of carbonyl (C=O) groups is 1. The van der Waals surface area contributed by atoms with Gasteiger partial charge in [-0.25, -0.2) is 4.39 Å². The number of carbonyl (C=O) groups excluding carboxylic acids is 1. The second kappa shape index (κ2) is 6.47. The molecule has 3 rings (SSSR count). The van der Waals surface area contributed by atoms with Gasteiger partial charge in [-0.3, -0.25) is 9.48 Å². The van der Waals surface area contributed by atoms with Crippen LogP contribution in [-0.2, 0) is 6.54 Å². The molecule has 2 aromatic heterocycles. The van der Waals surface area contributed by atoms with Gasteiger partial charge in [-0.2, -0.15) is 5.10 Å². The number of fused-ring (bicyclic) bond motifs is 1. The minimum atomic E-state index is -0.269. The fourth-order valence-corrected chi connectivity index (χ4v) is 3.43. The maximum Gasteiger partial charge on any atom is 0.261 e. The Morgan fingerprint density at radius 1 is 1.39 bits per heavy atom. The van der Waals surface area contributed by atoms with Crippen LogP contribution in [0.15, 0.2) is 30.3 Å². The number of amides is 1.